The van der Waals surface area contributed by atoms with Crippen molar-refractivity contribution in [3.8, 4) is 0 Å². The number of halogens is 1. The smallest absolute Gasteiger partial charge is 0.258 e. The topological polar surface area (TPSA) is 42.0 Å². The Morgan fingerprint density at radius 2 is 1.95 bits per heavy atom. The molecule has 3 aromatic rings. The van der Waals surface area contributed by atoms with Crippen molar-refractivity contribution in [3.05, 3.63) is 66.1 Å². The third-order valence-corrected chi connectivity index (χ3v) is 3.35. The second-order valence-electron chi connectivity index (χ2n) is 4.50. The van der Waals surface area contributed by atoms with Crippen LogP contribution in [0.4, 0.5) is 10.1 Å². The fourth-order valence-electron chi connectivity index (χ4n) is 2.08. The summed E-state index contributed by atoms with van der Waals surface area (Å²) in [5.74, 6) is -1.11. The number of para-hydroxylation sites is 1. The molecule has 0 unspecified atom stereocenters. The van der Waals surface area contributed by atoms with Gasteiger partial charge in [-0.15, -0.1) is 12.6 Å². The minimum atomic E-state index is -0.585. The van der Waals surface area contributed by atoms with Gasteiger partial charge in [-0.25, -0.2) is 4.39 Å². The molecule has 1 heterocycles. The average molecular weight is 298 g/mol. The lowest BCUT2D eigenvalue weighted by Gasteiger charge is -2.09. The molecule has 0 spiro atoms. The third-order valence-electron chi connectivity index (χ3n) is 3.08. The molecule has 0 aliphatic carbocycles. The molecule has 0 radical (unpaired) electrons. The van der Waals surface area contributed by atoms with Crippen molar-refractivity contribution in [2.45, 2.75) is 4.90 Å². The van der Waals surface area contributed by atoms with Gasteiger partial charge >= 0.3 is 0 Å². The van der Waals surface area contributed by atoms with Crippen molar-refractivity contribution in [3.63, 3.8) is 0 Å². The van der Waals surface area contributed by atoms with Crippen LogP contribution in [0, 0.1) is 5.82 Å². The molecule has 0 aliphatic heterocycles. The van der Waals surface area contributed by atoms with Crippen LogP contribution in [-0.2, 0) is 0 Å². The van der Waals surface area contributed by atoms with Crippen LogP contribution in [0.15, 0.2) is 59.6 Å². The predicted octanol–water partition coefficient (Wildman–Crippen LogP) is 3.91. The SMILES string of the molecule is O=C(Nc1cccc2cccnc12)c1cc(S)ccc1F. The highest BCUT2D eigenvalue weighted by Crippen LogP contribution is 2.22. The summed E-state index contributed by atoms with van der Waals surface area (Å²) in [6, 6.07) is 13.3. The molecule has 0 atom stereocenters. The van der Waals surface area contributed by atoms with Crippen LogP contribution >= 0.6 is 12.6 Å². The summed E-state index contributed by atoms with van der Waals surface area (Å²) in [6.07, 6.45) is 1.65. The molecule has 2 aromatic carbocycles. The van der Waals surface area contributed by atoms with Gasteiger partial charge in [0.15, 0.2) is 0 Å². The van der Waals surface area contributed by atoms with Crippen molar-refractivity contribution in [2.24, 2.45) is 0 Å². The molecule has 0 saturated heterocycles. The van der Waals surface area contributed by atoms with E-state index in [0.717, 1.165) is 5.39 Å². The van der Waals surface area contributed by atoms with Gasteiger partial charge < -0.3 is 5.32 Å². The number of rotatable bonds is 2. The van der Waals surface area contributed by atoms with E-state index in [1.807, 2.05) is 24.3 Å². The second kappa shape index (κ2) is 5.54. The first-order valence-electron chi connectivity index (χ1n) is 6.29. The highest BCUT2D eigenvalue weighted by atomic mass is 32.1. The molecule has 0 aliphatic rings. The molecular weight excluding hydrogens is 287 g/mol. The number of anilines is 1. The number of carbonyl (C=O) groups excluding carboxylic acids is 1. The van der Waals surface area contributed by atoms with E-state index in [1.165, 1.54) is 18.2 Å². The van der Waals surface area contributed by atoms with E-state index < -0.39 is 11.7 Å². The van der Waals surface area contributed by atoms with Crippen molar-refractivity contribution in [2.75, 3.05) is 5.32 Å². The summed E-state index contributed by atoms with van der Waals surface area (Å²) in [6.45, 7) is 0. The molecule has 21 heavy (non-hydrogen) atoms. The Kier molecular flexibility index (Phi) is 3.58. The Morgan fingerprint density at radius 3 is 2.81 bits per heavy atom. The summed E-state index contributed by atoms with van der Waals surface area (Å²) in [5, 5.41) is 3.60. The van der Waals surface area contributed by atoms with E-state index in [1.54, 1.807) is 12.3 Å². The Balaban J connectivity index is 1.99. The zero-order valence-corrected chi connectivity index (χ0v) is 11.8. The first kappa shape index (κ1) is 13.6. The van der Waals surface area contributed by atoms with Gasteiger partial charge in [-0.3, -0.25) is 9.78 Å². The number of nitrogens with zero attached hydrogens (tertiary/aromatic N) is 1. The maximum atomic E-state index is 13.7. The first-order chi connectivity index (χ1) is 10.1. The molecule has 0 saturated carbocycles. The lowest BCUT2D eigenvalue weighted by Crippen LogP contribution is -2.14. The Morgan fingerprint density at radius 1 is 1.14 bits per heavy atom. The zero-order chi connectivity index (χ0) is 14.8. The Hall–Kier alpha value is -2.40. The van der Waals surface area contributed by atoms with Crippen molar-refractivity contribution in [1.82, 2.24) is 4.98 Å². The number of pyridine rings is 1. The van der Waals surface area contributed by atoms with Crippen LogP contribution in [0.3, 0.4) is 0 Å². The largest absolute Gasteiger partial charge is 0.320 e. The third kappa shape index (κ3) is 2.73. The molecule has 1 amide bonds. The highest BCUT2D eigenvalue weighted by Gasteiger charge is 2.13. The van der Waals surface area contributed by atoms with E-state index in [4.69, 9.17) is 0 Å². The van der Waals surface area contributed by atoms with Gasteiger partial charge in [0.25, 0.3) is 5.91 Å². The molecule has 3 rings (SSSR count). The number of thiol groups is 1. The van der Waals surface area contributed by atoms with Gasteiger partial charge in [-0.2, -0.15) is 0 Å². The fraction of sp³-hybridized carbons (Fsp3) is 0. The molecule has 1 N–H and O–H groups in total. The number of hydrogen-bond acceptors (Lipinski definition) is 3. The number of aromatic nitrogens is 1. The first-order valence-corrected chi connectivity index (χ1v) is 6.73. The Labute approximate surface area is 126 Å². The standard InChI is InChI=1S/C16H11FN2OS/c17-13-7-6-11(21)9-12(13)16(20)19-14-5-1-3-10-4-2-8-18-15(10)14/h1-9,21H,(H,19,20). The van der Waals surface area contributed by atoms with Crippen LogP contribution in [0.25, 0.3) is 10.9 Å². The molecule has 3 nitrogen and oxygen atoms in total. The van der Waals surface area contributed by atoms with Gasteiger partial charge in [0.2, 0.25) is 0 Å². The zero-order valence-electron chi connectivity index (χ0n) is 10.9. The van der Waals surface area contributed by atoms with Crippen molar-refractivity contribution >= 4 is 35.1 Å². The molecule has 1 aromatic heterocycles. The number of benzene rings is 2. The highest BCUT2D eigenvalue weighted by molar-refractivity contribution is 7.80. The molecule has 104 valence electrons. The van der Waals surface area contributed by atoms with E-state index in [0.29, 0.717) is 16.1 Å². The number of nitrogens with one attached hydrogen (secondary N) is 1. The van der Waals surface area contributed by atoms with Gasteiger partial charge in [0.05, 0.1) is 16.8 Å². The van der Waals surface area contributed by atoms with E-state index in [2.05, 4.69) is 22.9 Å². The average Bonchev–Trinajstić information content (AvgIpc) is 2.50. The van der Waals surface area contributed by atoms with Crippen LogP contribution in [-0.4, -0.2) is 10.9 Å². The predicted molar refractivity (Wildman–Crippen MR) is 83.3 cm³/mol. The van der Waals surface area contributed by atoms with Gasteiger partial charge in [-0.1, -0.05) is 18.2 Å². The monoisotopic (exact) mass is 298 g/mol. The summed E-state index contributed by atoms with van der Waals surface area (Å²) in [7, 11) is 0. The number of hydrogen-bond donors (Lipinski definition) is 2. The van der Waals surface area contributed by atoms with Gasteiger partial charge in [-0.05, 0) is 30.3 Å². The summed E-state index contributed by atoms with van der Waals surface area (Å²) >= 11 is 4.12. The van der Waals surface area contributed by atoms with Crippen LogP contribution in [0.2, 0.25) is 0 Å². The van der Waals surface area contributed by atoms with Gasteiger partial charge in [0, 0.05) is 16.5 Å². The molecule has 0 bridgehead atoms. The minimum absolute atomic E-state index is 0.0459. The summed E-state index contributed by atoms with van der Waals surface area (Å²) < 4.78 is 13.7. The Bertz CT molecular complexity index is 830. The number of amides is 1. The van der Waals surface area contributed by atoms with E-state index >= 15 is 0 Å². The lowest BCUT2D eigenvalue weighted by molar-refractivity contribution is 0.102. The molecule has 5 heteroatoms. The summed E-state index contributed by atoms with van der Waals surface area (Å²) in [4.78, 5) is 17.0. The quantitative estimate of drug-likeness (QED) is 0.704. The molecular formula is C16H11FN2OS. The number of fused-ring (bicyclic) bond motifs is 1. The lowest BCUT2D eigenvalue weighted by atomic mass is 10.1. The normalized spacial score (nSPS) is 10.6. The van der Waals surface area contributed by atoms with Crippen LogP contribution in [0.5, 0.6) is 0 Å². The second-order valence-corrected chi connectivity index (χ2v) is 5.02. The summed E-state index contributed by atoms with van der Waals surface area (Å²) in [5.41, 5.74) is 1.16. The number of carbonyl (C=O) groups is 1. The van der Waals surface area contributed by atoms with Crippen LogP contribution in [0.1, 0.15) is 10.4 Å². The van der Waals surface area contributed by atoms with Crippen molar-refractivity contribution in [1.29, 1.82) is 0 Å². The van der Waals surface area contributed by atoms with Gasteiger partial charge in [0.1, 0.15) is 5.82 Å². The van der Waals surface area contributed by atoms with Crippen LogP contribution < -0.4 is 5.32 Å². The minimum Gasteiger partial charge on any atom is -0.320 e. The van der Waals surface area contributed by atoms with Crippen molar-refractivity contribution < 1.29 is 9.18 Å². The maximum Gasteiger partial charge on any atom is 0.258 e. The fourth-order valence-corrected chi connectivity index (χ4v) is 2.29. The molecule has 0 fully saturated rings. The maximum absolute atomic E-state index is 13.7. The van der Waals surface area contributed by atoms with E-state index in [-0.39, 0.29) is 5.56 Å². The van der Waals surface area contributed by atoms with E-state index in [9.17, 15) is 9.18 Å².